The molecule has 104 valence electrons. The smallest absolute Gasteiger partial charge is 0.239 e. The molecule has 1 fully saturated rings. The van der Waals surface area contributed by atoms with Crippen LogP contribution in [0.5, 0.6) is 0 Å². The van der Waals surface area contributed by atoms with Gasteiger partial charge in [0.15, 0.2) is 0 Å². The van der Waals surface area contributed by atoms with Crippen LogP contribution in [0.4, 0.5) is 0 Å². The summed E-state index contributed by atoms with van der Waals surface area (Å²) in [6.07, 6.45) is 4.05. The molecule has 0 radical (unpaired) electrons. The molecule has 0 aliphatic carbocycles. The van der Waals surface area contributed by atoms with Crippen LogP contribution in [0.1, 0.15) is 31.7 Å². The number of carbonyl (C=O) groups is 1. The number of likely N-dealkylation sites (tertiary alicyclic amines) is 1. The van der Waals surface area contributed by atoms with E-state index in [-0.39, 0.29) is 5.91 Å². The summed E-state index contributed by atoms with van der Waals surface area (Å²) in [7, 11) is 0. The second-order valence-corrected chi connectivity index (χ2v) is 5.66. The van der Waals surface area contributed by atoms with E-state index in [2.05, 4.69) is 6.92 Å². The molecule has 1 unspecified atom stereocenters. The SMILES string of the molecule is CC1CCCN(C(=O)[C@H](N)Cc2ccccc2)CC1. The number of hydrogen-bond acceptors (Lipinski definition) is 2. The Bertz CT molecular complexity index is 404. The lowest BCUT2D eigenvalue weighted by molar-refractivity contribution is -0.132. The lowest BCUT2D eigenvalue weighted by atomic mass is 10.0. The molecule has 0 bridgehead atoms. The number of carbonyl (C=O) groups excluding carboxylic acids is 1. The summed E-state index contributed by atoms with van der Waals surface area (Å²) in [6.45, 7) is 3.99. The van der Waals surface area contributed by atoms with E-state index in [0.717, 1.165) is 37.4 Å². The van der Waals surface area contributed by atoms with Gasteiger partial charge < -0.3 is 10.6 Å². The molecular formula is C16H24N2O. The molecule has 2 N–H and O–H groups in total. The Hall–Kier alpha value is -1.35. The van der Waals surface area contributed by atoms with Crippen molar-refractivity contribution in [2.24, 2.45) is 11.7 Å². The van der Waals surface area contributed by atoms with Crippen molar-refractivity contribution in [3.63, 3.8) is 0 Å². The topological polar surface area (TPSA) is 46.3 Å². The van der Waals surface area contributed by atoms with Gasteiger partial charge in [-0.2, -0.15) is 0 Å². The van der Waals surface area contributed by atoms with Gasteiger partial charge in [-0.25, -0.2) is 0 Å². The molecule has 1 aliphatic heterocycles. The minimum Gasteiger partial charge on any atom is -0.341 e. The summed E-state index contributed by atoms with van der Waals surface area (Å²) in [5, 5.41) is 0. The second kappa shape index (κ2) is 6.71. The zero-order valence-electron chi connectivity index (χ0n) is 11.7. The number of nitrogens with zero attached hydrogens (tertiary/aromatic N) is 1. The van der Waals surface area contributed by atoms with Gasteiger partial charge >= 0.3 is 0 Å². The van der Waals surface area contributed by atoms with Gasteiger partial charge in [-0.15, -0.1) is 0 Å². The molecule has 19 heavy (non-hydrogen) atoms. The van der Waals surface area contributed by atoms with Crippen LogP contribution < -0.4 is 5.73 Å². The first kappa shape index (κ1) is 14.1. The highest BCUT2D eigenvalue weighted by molar-refractivity contribution is 5.82. The Morgan fingerprint density at radius 2 is 2.05 bits per heavy atom. The molecule has 1 amide bonds. The van der Waals surface area contributed by atoms with E-state index >= 15 is 0 Å². The minimum absolute atomic E-state index is 0.109. The maximum Gasteiger partial charge on any atom is 0.239 e. The molecule has 1 heterocycles. The van der Waals surface area contributed by atoms with E-state index in [1.165, 1.54) is 6.42 Å². The summed E-state index contributed by atoms with van der Waals surface area (Å²) in [5.74, 6) is 0.834. The van der Waals surface area contributed by atoms with Crippen molar-refractivity contribution in [2.45, 2.75) is 38.6 Å². The fourth-order valence-electron chi connectivity index (χ4n) is 2.67. The van der Waals surface area contributed by atoms with Crippen molar-refractivity contribution in [3.8, 4) is 0 Å². The van der Waals surface area contributed by atoms with Gasteiger partial charge in [-0.1, -0.05) is 37.3 Å². The van der Waals surface area contributed by atoms with Gasteiger partial charge in [0.1, 0.15) is 0 Å². The van der Waals surface area contributed by atoms with Gasteiger partial charge in [0.2, 0.25) is 5.91 Å². The van der Waals surface area contributed by atoms with E-state index in [0.29, 0.717) is 6.42 Å². The van der Waals surface area contributed by atoms with Crippen LogP contribution in [-0.2, 0) is 11.2 Å². The standard InChI is InChI=1S/C16H24N2O/c1-13-6-5-10-18(11-9-13)16(19)15(17)12-14-7-3-2-4-8-14/h2-4,7-8,13,15H,5-6,9-12,17H2,1H3/t13?,15-/m1/s1. The third-order valence-corrected chi connectivity index (χ3v) is 3.94. The van der Waals surface area contributed by atoms with E-state index < -0.39 is 6.04 Å². The van der Waals surface area contributed by atoms with Crippen LogP contribution in [0, 0.1) is 5.92 Å². The summed E-state index contributed by atoms with van der Waals surface area (Å²) >= 11 is 0. The maximum atomic E-state index is 12.4. The van der Waals surface area contributed by atoms with Crippen molar-refractivity contribution in [3.05, 3.63) is 35.9 Å². The number of nitrogens with two attached hydrogens (primary N) is 1. The Balaban J connectivity index is 1.91. The van der Waals surface area contributed by atoms with E-state index in [4.69, 9.17) is 5.73 Å². The average molecular weight is 260 g/mol. The first-order chi connectivity index (χ1) is 9.16. The molecule has 2 atom stereocenters. The molecule has 1 aliphatic rings. The zero-order chi connectivity index (χ0) is 13.7. The summed E-state index contributed by atoms with van der Waals surface area (Å²) in [6, 6.07) is 9.60. The fraction of sp³-hybridized carbons (Fsp3) is 0.562. The molecule has 1 aromatic rings. The first-order valence-electron chi connectivity index (χ1n) is 7.25. The number of benzene rings is 1. The zero-order valence-corrected chi connectivity index (χ0v) is 11.7. The largest absolute Gasteiger partial charge is 0.341 e. The fourth-order valence-corrected chi connectivity index (χ4v) is 2.67. The Labute approximate surface area is 115 Å². The molecular weight excluding hydrogens is 236 g/mol. The predicted octanol–water partition coefficient (Wildman–Crippen LogP) is 2.21. The monoisotopic (exact) mass is 260 g/mol. The molecule has 3 nitrogen and oxygen atoms in total. The van der Waals surface area contributed by atoms with Crippen molar-refractivity contribution < 1.29 is 4.79 Å². The highest BCUT2D eigenvalue weighted by Crippen LogP contribution is 2.17. The summed E-state index contributed by atoms with van der Waals surface area (Å²) in [4.78, 5) is 14.3. The molecule has 0 aromatic heterocycles. The van der Waals surface area contributed by atoms with Crippen molar-refractivity contribution in [2.75, 3.05) is 13.1 Å². The Morgan fingerprint density at radius 1 is 1.32 bits per heavy atom. The van der Waals surface area contributed by atoms with E-state index in [1.807, 2.05) is 35.2 Å². The predicted molar refractivity (Wildman–Crippen MR) is 77.7 cm³/mol. The number of hydrogen-bond donors (Lipinski definition) is 1. The summed E-state index contributed by atoms with van der Waals surface area (Å²) in [5.41, 5.74) is 7.21. The highest BCUT2D eigenvalue weighted by Gasteiger charge is 2.23. The molecule has 0 saturated carbocycles. The van der Waals surface area contributed by atoms with Gasteiger partial charge in [0.25, 0.3) is 0 Å². The van der Waals surface area contributed by atoms with Crippen LogP contribution in [0.25, 0.3) is 0 Å². The average Bonchev–Trinajstić information content (AvgIpc) is 2.64. The van der Waals surface area contributed by atoms with Crippen LogP contribution in [-0.4, -0.2) is 29.9 Å². The highest BCUT2D eigenvalue weighted by atomic mass is 16.2. The van der Waals surface area contributed by atoms with Crippen LogP contribution in [0.2, 0.25) is 0 Å². The van der Waals surface area contributed by atoms with Crippen molar-refractivity contribution in [1.29, 1.82) is 0 Å². The number of rotatable bonds is 3. The van der Waals surface area contributed by atoms with E-state index in [1.54, 1.807) is 0 Å². The lowest BCUT2D eigenvalue weighted by Crippen LogP contribution is -2.45. The van der Waals surface area contributed by atoms with Crippen molar-refractivity contribution >= 4 is 5.91 Å². The van der Waals surface area contributed by atoms with E-state index in [9.17, 15) is 4.79 Å². The quantitative estimate of drug-likeness (QED) is 0.905. The Kier molecular flexibility index (Phi) is 4.97. The molecule has 1 saturated heterocycles. The van der Waals surface area contributed by atoms with Gasteiger partial charge in [0.05, 0.1) is 6.04 Å². The van der Waals surface area contributed by atoms with Crippen LogP contribution >= 0.6 is 0 Å². The lowest BCUT2D eigenvalue weighted by Gasteiger charge is -2.24. The minimum atomic E-state index is -0.407. The molecule has 0 spiro atoms. The third kappa shape index (κ3) is 4.06. The molecule has 2 rings (SSSR count). The molecule has 1 aromatic carbocycles. The Morgan fingerprint density at radius 3 is 2.79 bits per heavy atom. The number of amides is 1. The third-order valence-electron chi connectivity index (χ3n) is 3.94. The van der Waals surface area contributed by atoms with Gasteiger partial charge in [-0.05, 0) is 37.2 Å². The maximum absolute atomic E-state index is 12.4. The van der Waals surface area contributed by atoms with Gasteiger partial charge in [-0.3, -0.25) is 4.79 Å². The second-order valence-electron chi connectivity index (χ2n) is 5.66. The summed E-state index contributed by atoms with van der Waals surface area (Å²) < 4.78 is 0. The van der Waals surface area contributed by atoms with Crippen molar-refractivity contribution in [1.82, 2.24) is 4.90 Å². The molecule has 3 heteroatoms. The van der Waals surface area contributed by atoms with Gasteiger partial charge in [0, 0.05) is 13.1 Å². The van der Waals surface area contributed by atoms with Crippen LogP contribution in [0.3, 0.4) is 0 Å². The first-order valence-corrected chi connectivity index (χ1v) is 7.25. The van der Waals surface area contributed by atoms with Crippen LogP contribution in [0.15, 0.2) is 30.3 Å². The normalized spacial score (nSPS) is 21.8.